The maximum Gasteiger partial charge on any atom is 0.513 e. The third kappa shape index (κ3) is 8.77. The largest absolute Gasteiger partial charge is 0.513 e. The minimum Gasteiger partial charge on any atom is -0.497 e. The van der Waals surface area contributed by atoms with E-state index in [1.807, 2.05) is 24.3 Å². The van der Waals surface area contributed by atoms with Crippen LogP contribution in [0.2, 0.25) is 0 Å². The van der Waals surface area contributed by atoms with Gasteiger partial charge in [0.05, 0.1) is 13.7 Å². The lowest BCUT2D eigenvalue weighted by Gasteiger charge is -2.08. The number of aryl methyl sites for hydroxylation is 1. The van der Waals surface area contributed by atoms with E-state index in [1.165, 1.54) is 12.1 Å². The molecule has 0 saturated heterocycles. The number of rotatable bonds is 11. The lowest BCUT2D eigenvalue weighted by atomic mass is 10.1. The van der Waals surface area contributed by atoms with E-state index in [0.29, 0.717) is 43.7 Å². The molecule has 8 nitrogen and oxygen atoms in total. The Morgan fingerprint density at radius 3 is 2.39 bits per heavy atom. The van der Waals surface area contributed by atoms with Crippen LogP contribution in [-0.4, -0.2) is 44.8 Å². The zero-order valence-electron chi connectivity index (χ0n) is 17.8. The number of hydrogen-bond acceptors (Lipinski definition) is 6. The molecular formula is C23H28N2O6. The van der Waals surface area contributed by atoms with E-state index in [2.05, 4.69) is 15.4 Å². The minimum atomic E-state index is -0.787. The van der Waals surface area contributed by atoms with Crippen molar-refractivity contribution < 1.29 is 28.6 Å². The first-order valence-corrected chi connectivity index (χ1v) is 10.1. The molecule has 0 aliphatic heterocycles. The highest BCUT2D eigenvalue weighted by Crippen LogP contribution is 2.14. The van der Waals surface area contributed by atoms with Crippen molar-refractivity contribution in [3.63, 3.8) is 0 Å². The standard InChI is InChI=1S/C23H28N2O6/c1-3-30-23(28)31-19-11-9-18(10-12-19)22(27)25-15-5-14-24-21(26)13-8-17-6-4-7-20(16-17)29-2/h4,6-7,9-12,16H,3,5,8,13-15H2,1-2H3,(H,24,26)(H,25,27). The molecule has 0 aliphatic carbocycles. The molecule has 2 amide bonds. The Labute approximate surface area is 181 Å². The number of amides is 2. The highest BCUT2D eigenvalue weighted by Gasteiger charge is 2.08. The van der Waals surface area contributed by atoms with Crippen molar-refractivity contribution in [1.29, 1.82) is 0 Å². The average Bonchev–Trinajstić information content (AvgIpc) is 2.78. The summed E-state index contributed by atoms with van der Waals surface area (Å²) in [6.07, 6.45) is 0.848. The zero-order chi connectivity index (χ0) is 22.5. The van der Waals surface area contributed by atoms with Crippen molar-refractivity contribution in [3.05, 3.63) is 59.7 Å². The Hall–Kier alpha value is -3.55. The van der Waals surface area contributed by atoms with Crippen molar-refractivity contribution in [2.75, 3.05) is 26.8 Å². The maximum absolute atomic E-state index is 12.1. The number of ether oxygens (including phenoxy) is 3. The summed E-state index contributed by atoms with van der Waals surface area (Å²) < 4.78 is 14.8. The number of nitrogens with one attached hydrogen (secondary N) is 2. The molecule has 8 heteroatoms. The molecule has 2 aromatic carbocycles. The van der Waals surface area contributed by atoms with Crippen LogP contribution in [0.5, 0.6) is 11.5 Å². The average molecular weight is 428 g/mol. The summed E-state index contributed by atoms with van der Waals surface area (Å²) in [4.78, 5) is 35.4. The quantitative estimate of drug-likeness (QED) is 0.324. The smallest absolute Gasteiger partial charge is 0.497 e. The Morgan fingerprint density at radius 1 is 0.935 bits per heavy atom. The molecule has 2 rings (SSSR count). The molecule has 0 fully saturated rings. The van der Waals surface area contributed by atoms with E-state index in [0.717, 1.165) is 11.3 Å². The highest BCUT2D eigenvalue weighted by molar-refractivity contribution is 5.94. The first kappa shape index (κ1) is 23.7. The summed E-state index contributed by atoms with van der Waals surface area (Å²) in [6.45, 7) is 2.81. The predicted molar refractivity (Wildman–Crippen MR) is 115 cm³/mol. The molecule has 2 N–H and O–H groups in total. The van der Waals surface area contributed by atoms with Crippen LogP contribution < -0.4 is 20.1 Å². The van der Waals surface area contributed by atoms with Crippen LogP contribution in [0.4, 0.5) is 4.79 Å². The molecule has 2 aromatic rings. The highest BCUT2D eigenvalue weighted by atomic mass is 16.7. The Balaban J connectivity index is 1.61. The van der Waals surface area contributed by atoms with Crippen LogP contribution in [-0.2, 0) is 16.0 Å². The van der Waals surface area contributed by atoms with Gasteiger partial charge in [0.15, 0.2) is 0 Å². The van der Waals surface area contributed by atoms with Gasteiger partial charge < -0.3 is 24.8 Å². The fourth-order valence-electron chi connectivity index (χ4n) is 2.71. The summed E-state index contributed by atoms with van der Waals surface area (Å²) in [7, 11) is 1.61. The summed E-state index contributed by atoms with van der Waals surface area (Å²) in [5.74, 6) is 0.792. The molecule has 0 radical (unpaired) electrons. The molecule has 0 aromatic heterocycles. The van der Waals surface area contributed by atoms with E-state index in [-0.39, 0.29) is 18.4 Å². The second-order valence-corrected chi connectivity index (χ2v) is 6.62. The van der Waals surface area contributed by atoms with Gasteiger partial charge in [0.25, 0.3) is 5.91 Å². The van der Waals surface area contributed by atoms with Crippen LogP contribution >= 0.6 is 0 Å². The van der Waals surface area contributed by atoms with Gasteiger partial charge in [-0.05, 0) is 61.7 Å². The van der Waals surface area contributed by atoms with Crippen molar-refractivity contribution >= 4 is 18.0 Å². The predicted octanol–water partition coefficient (Wildman–Crippen LogP) is 3.10. The third-order valence-corrected chi connectivity index (χ3v) is 4.32. The van der Waals surface area contributed by atoms with Crippen LogP contribution in [0.3, 0.4) is 0 Å². The van der Waals surface area contributed by atoms with E-state index in [4.69, 9.17) is 9.47 Å². The van der Waals surface area contributed by atoms with Gasteiger partial charge in [-0.3, -0.25) is 9.59 Å². The lowest BCUT2D eigenvalue weighted by molar-refractivity contribution is -0.121. The first-order valence-electron chi connectivity index (χ1n) is 10.1. The molecule has 0 heterocycles. The summed E-state index contributed by atoms with van der Waals surface area (Å²) in [5.41, 5.74) is 1.49. The summed E-state index contributed by atoms with van der Waals surface area (Å²) >= 11 is 0. The number of carbonyl (C=O) groups is 3. The summed E-state index contributed by atoms with van der Waals surface area (Å²) in [5, 5.41) is 5.64. The number of hydrogen-bond donors (Lipinski definition) is 2. The molecule has 0 spiro atoms. The van der Waals surface area contributed by atoms with Crippen molar-refractivity contribution in [3.8, 4) is 11.5 Å². The third-order valence-electron chi connectivity index (χ3n) is 4.32. The number of benzene rings is 2. The fourth-order valence-corrected chi connectivity index (χ4v) is 2.71. The van der Waals surface area contributed by atoms with Gasteiger partial charge in [0.2, 0.25) is 5.91 Å². The van der Waals surface area contributed by atoms with Gasteiger partial charge >= 0.3 is 6.16 Å². The molecule has 166 valence electrons. The molecule has 31 heavy (non-hydrogen) atoms. The van der Waals surface area contributed by atoms with E-state index in [1.54, 1.807) is 26.2 Å². The number of carbonyl (C=O) groups excluding carboxylic acids is 3. The number of methoxy groups -OCH3 is 1. The van der Waals surface area contributed by atoms with E-state index >= 15 is 0 Å². The van der Waals surface area contributed by atoms with Crippen LogP contribution in [0, 0.1) is 0 Å². The van der Waals surface area contributed by atoms with Crippen LogP contribution in [0.15, 0.2) is 48.5 Å². The van der Waals surface area contributed by atoms with Crippen molar-refractivity contribution in [1.82, 2.24) is 10.6 Å². The van der Waals surface area contributed by atoms with Crippen molar-refractivity contribution in [2.24, 2.45) is 0 Å². The van der Waals surface area contributed by atoms with Gasteiger partial charge in [-0.15, -0.1) is 0 Å². The van der Waals surface area contributed by atoms with Gasteiger partial charge in [-0.25, -0.2) is 4.79 Å². The summed E-state index contributed by atoms with van der Waals surface area (Å²) in [6, 6.07) is 13.8. The first-order chi connectivity index (χ1) is 15.0. The van der Waals surface area contributed by atoms with Gasteiger partial charge in [-0.2, -0.15) is 0 Å². The second-order valence-electron chi connectivity index (χ2n) is 6.62. The molecular weight excluding hydrogens is 400 g/mol. The molecule has 0 atom stereocenters. The van der Waals surface area contributed by atoms with E-state index < -0.39 is 6.16 Å². The minimum absolute atomic E-state index is 0.0358. The van der Waals surface area contributed by atoms with Crippen molar-refractivity contribution in [2.45, 2.75) is 26.2 Å². The fraction of sp³-hybridized carbons (Fsp3) is 0.348. The Morgan fingerprint density at radius 2 is 1.68 bits per heavy atom. The monoisotopic (exact) mass is 428 g/mol. The van der Waals surface area contributed by atoms with Gasteiger partial charge in [0.1, 0.15) is 11.5 Å². The second kappa shape index (κ2) is 12.9. The SMILES string of the molecule is CCOC(=O)Oc1ccc(C(=O)NCCCNC(=O)CCc2cccc(OC)c2)cc1. The molecule has 0 bridgehead atoms. The van der Waals surface area contributed by atoms with Crippen LogP contribution in [0.1, 0.15) is 35.7 Å². The van der Waals surface area contributed by atoms with E-state index in [9.17, 15) is 14.4 Å². The van der Waals surface area contributed by atoms with Gasteiger partial charge in [-0.1, -0.05) is 12.1 Å². The normalized spacial score (nSPS) is 10.1. The van der Waals surface area contributed by atoms with Gasteiger partial charge in [0, 0.05) is 25.1 Å². The molecule has 0 unspecified atom stereocenters. The zero-order valence-corrected chi connectivity index (χ0v) is 17.8. The maximum atomic E-state index is 12.1. The Kier molecular flexibility index (Phi) is 9.87. The molecule has 0 aliphatic rings. The lowest BCUT2D eigenvalue weighted by Crippen LogP contribution is -2.30. The van der Waals surface area contributed by atoms with Crippen LogP contribution in [0.25, 0.3) is 0 Å². The molecule has 0 saturated carbocycles. The Bertz CT molecular complexity index is 867. The topological polar surface area (TPSA) is 103 Å².